The smallest absolute Gasteiger partial charge is 0.269 e. The minimum Gasteiger partial charge on any atom is -0.302 e. The Morgan fingerprint density at radius 3 is 0.983 bits per heavy atom. The average Bonchev–Trinajstić information content (AvgIpc) is 3.89. The molecule has 10 rings (SSSR count). The summed E-state index contributed by atoms with van der Waals surface area (Å²) in [6.45, 7) is 5.22. The topological polar surface area (TPSA) is 44.0 Å². The number of aromatic nitrogens is 2. The molecule has 6 aromatic carbocycles. The zero-order chi connectivity index (χ0) is 41.0. The summed E-state index contributed by atoms with van der Waals surface area (Å²) in [6, 6.07) is 66.0. The van der Waals surface area contributed by atoms with Crippen molar-refractivity contribution in [3.8, 4) is 44.8 Å². The van der Waals surface area contributed by atoms with Gasteiger partial charge in [-0.2, -0.15) is 0 Å². The summed E-state index contributed by atoms with van der Waals surface area (Å²) in [4.78, 5) is 29.7. The number of pyridine rings is 2. The van der Waals surface area contributed by atoms with Gasteiger partial charge < -0.3 is 9.13 Å². The molecule has 0 saturated heterocycles. The van der Waals surface area contributed by atoms with E-state index in [4.69, 9.17) is 0 Å². The molecule has 4 aromatic heterocycles. The molecule has 10 aromatic rings. The van der Waals surface area contributed by atoms with E-state index >= 15 is 0 Å². The van der Waals surface area contributed by atoms with E-state index in [0.29, 0.717) is 13.1 Å². The first-order valence-electron chi connectivity index (χ1n) is 20.1. The van der Waals surface area contributed by atoms with Crippen molar-refractivity contribution >= 4 is 42.8 Å². The van der Waals surface area contributed by atoms with Crippen LogP contribution in [0.3, 0.4) is 0 Å². The molecule has 0 bridgehead atoms. The summed E-state index contributed by atoms with van der Waals surface area (Å²) < 4.78 is 5.54. The number of hydrogen-bond acceptors (Lipinski definition) is 4. The third-order valence-electron chi connectivity index (χ3n) is 10.7. The lowest BCUT2D eigenvalue weighted by molar-refractivity contribution is 0.779. The summed E-state index contributed by atoms with van der Waals surface area (Å²) in [5.41, 5.74) is 10.9. The second-order valence-corrected chi connectivity index (χ2v) is 17.4. The lowest BCUT2D eigenvalue weighted by Gasteiger charge is -2.19. The first-order chi connectivity index (χ1) is 29.4. The van der Waals surface area contributed by atoms with E-state index in [1.165, 1.54) is 0 Å². The van der Waals surface area contributed by atoms with Crippen LogP contribution in [0.5, 0.6) is 0 Å². The Labute approximate surface area is 357 Å². The first-order valence-corrected chi connectivity index (χ1v) is 21.7. The lowest BCUT2D eigenvalue weighted by Crippen LogP contribution is -2.23. The second-order valence-electron chi connectivity index (χ2n) is 14.9. The van der Waals surface area contributed by atoms with Gasteiger partial charge in [0.05, 0.1) is 24.5 Å². The van der Waals surface area contributed by atoms with Crippen molar-refractivity contribution < 1.29 is 0 Å². The molecule has 0 fully saturated rings. The zero-order valence-corrected chi connectivity index (χ0v) is 35.0. The number of fused-ring (bicyclic) bond motifs is 2. The van der Waals surface area contributed by atoms with Crippen molar-refractivity contribution in [3.05, 3.63) is 236 Å². The Kier molecular flexibility index (Phi) is 11.1. The monoisotopic (exact) mass is 814 g/mol. The molecule has 0 radical (unpaired) electrons. The molecular weight excluding hydrogens is 773 g/mol. The molecule has 0 aliphatic heterocycles. The van der Waals surface area contributed by atoms with Gasteiger partial charge in [-0.1, -0.05) is 182 Å². The van der Waals surface area contributed by atoms with Crippen LogP contribution in [0.25, 0.3) is 64.9 Å². The van der Waals surface area contributed by atoms with E-state index in [1.807, 2.05) is 94.1 Å². The van der Waals surface area contributed by atoms with Gasteiger partial charge in [-0.15, -0.1) is 22.7 Å². The fourth-order valence-corrected chi connectivity index (χ4v) is 10.0. The molecule has 0 aliphatic rings. The Balaban J connectivity index is 0.000000154. The van der Waals surface area contributed by atoms with Crippen LogP contribution in [0, 0.1) is 13.8 Å². The molecule has 4 nitrogen and oxygen atoms in total. The van der Waals surface area contributed by atoms with E-state index in [0.717, 1.165) is 85.8 Å². The van der Waals surface area contributed by atoms with Gasteiger partial charge in [0.15, 0.2) is 0 Å². The molecule has 0 spiro atoms. The zero-order valence-electron chi connectivity index (χ0n) is 33.4. The quantitative estimate of drug-likeness (QED) is 0.153. The van der Waals surface area contributed by atoms with E-state index in [-0.39, 0.29) is 11.1 Å². The van der Waals surface area contributed by atoms with E-state index in [2.05, 4.69) is 123 Å². The van der Waals surface area contributed by atoms with E-state index < -0.39 is 0 Å². The predicted molar refractivity (Wildman–Crippen MR) is 254 cm³/mol. The van der Waals surface area contributed by atoms with Gasteiger partial charge in [-0.05, 0) is 59.4 Å². The lowest BCUT2D eigenvalue weighted by atomic mass is 9.95. The number of rotatable bonds is 8. The molecule has 6 heteroatoms. The van der Waals surface area contributed by atoms with E-state index in [1.54, 1.807) is 22.7 Å². The molecular formula is C54H42N2O2S2. The van der Waals surface area contributed by atoms with Crippen LogP contribution in [0.4, 0.5) is 0 Å². The van der Waals surface area contributed by atoms with Crippen molar-refractivity contribution in [2.45, 2.75) is 26.9 Å². The summed E-state index contributed by atoms with van der Waals surface area (Å²) in [7, 11) is 0. The van der Waals surface area contributed by atoms with Gasteiger partial charge in [-0.3, -0.25) is 9.59 Å². The Morgan fingerprint density at radius 1 is 0.383 bits per heavy atom. The number of aryl methyl sites for hydroxylation is 2. The maximum absolute atomic E-state index is 13.7. The minimum atomic E-state index is 0.0745. The summed E-state index contributed by atoms with van der Waals surface area (Å²) >= 11 is 3.17. The maximum Gasteiger partial charge on any atom is 0.269 e. The van der Waals surface area contributed by atoms with Crippen LogP contribution in [-0.4, -0.2) is 9.13 Å². The van der Waals surface area contributed by atoms with E-state index in [9.17, 15) is 9.59 Å². The number of thiophene rings is 2. The SMILES string of the molecule is Cc1cc2c(-c3ccccc3)c(-c3ccccc3)n(Cc3ccccc3)c(=O)c2s1.Cc1cc2c(-c3ccccc3)c(-c3ccccc3)n(Cc3ccccc3)c(=O)c2s1. The largest absolute Gasteiger partial charge is 0.302 e. The van der Waals surface area contributed by atoms with Crippen molar-refractivity contribution in [2.24, 2.45) is 0 Å². The van der Waals surface area contributed by atoms with Crippen LogP contribution in [0.15, 0.2) is 204 Å². The van der Waals surface area contributed by atoms with Gasteiger partial charge in [0.2, 0.25) is 0 Å². The fraction of sp³-hybridized carbons (Fsp3) is 0.0741. The third-order valence-corrected chi connectivity index (χ3v) is 12.8. The number of hydrogen-bond donors (Lipinski definition) is 0. The Hall–Kier alpha value is -6.86. The number of benzene rings is 6. The van der Waals surface area contributed by atoms with Gasteiger partial charge in [0, 0.05) is 31.7 Å². The van der Waals surface area contributed by atoms with Gasteiger partial charge >= 0.3 is 0 Å². The van der Waals surface area contributed by atoms with Crippen LogP contribution in [-0.2, 0) is 13.1 Å². The van der Waals surface area contributed by atoms with Gasteiger partial charge in [0.25, 0.3) is 11.1 Å². The highest BCUT2D eigenvalue weighted by atomic mass is 32.1. The van der Waals surface area contributed by atoms with Gasteiger partial charge in [-0.25, -0.2) is 0 Å². The molecule has 0 unspecified atom stereocenters. The highest BCUT2D eigenvalue weighted by Gasteiger charge is 2.23. The van der Waals surface area contributed by atoms with Crippen LogP contribution >= 0.6 is 22.7 Å². The summed E-state index contributed by atoms with van der Waals surface area (Å²) in [5, 5.41) is 2.08. The third kappa shape index (κ3) is 7.71. The Bertz CT molecular complexity index is 2950. The normalized spacial score (nSPS) is 11.1. The minimum absolute atomic E-state index is 0.0745. The summed E-state index contributed by atoms with van der Waals surface area (Å²) in [6.07, 6.45) is 0. The van der Waals surface area contributed by atoms with Crippen molar-refractivity contribution in [2.75, 3.05) is 0 Å². The van der Waals surface area contributed by atoms with Crippen LogP contribution in [0.2, 0.25) is 0 Å². The predicted octanol–water partition coefficient (Wildman–Crippen LogP) is 13.5. The number of nitrogens with zero attached hydrogens (tertiary/aromatic N) is 2. The molecule has 0 atom stereocenters. The molecule has 60 heavy (non-hydrogen) atoms. The average molecular weight is 815 g/mol. The maximum atomic E-state index is 13.7. The molecule has 0 saturated carbocycles. The Morgan fingerprint density at radius 2 is 0.667 bits per heavy atom. The highest BCUT2D eigenvalue weighted by Crippen LogP contribution is 2.41. The first kappa shape index (κ1) is 38.6. The van der Waals surface area contributed by atoms with Gasteiger partial charge in [0.1, 0.15) is 9.40 Å². The van der Waals surface area contributed by atoms with Crippen LogP contribution < -0.4 is 11.1 Å². The molecule has 0 N–H and O–H groups in total. The standard InChI is InChI=1S/2C27H21NOS/c2*1-19-17-23-24(21-13-7-3-8-14-21)25(22-15-9-4-10-16-22)28(27(29)26(23)30-19)18-20-11-5-2-6-12-20/h2*2-17H,18H2,1H3. The van der Waals surface area contributed by atoms with Crippen molar-refractivity contribution in [3.63, 3.8) is 0 Å². The molecule has 0 aliphatic carbocycles. The van der Waals surface area contributed by atoms with Crippen LogP contribution in [0.1, 0.15) is 20.9 Å². The van der Waals surface area contributed by atoms with Crippen molar-refractivity contribution in [1.82, 2.24) is 9.13 Å². The van der Waals surface area contributed by atoms with Crippen molar-refractivity contribution in [1.29, 1.82) is 0 Å². The summed E-state index contributed by atoms with van der Waals surface area (Å²) in [5.74, 6) is 0. The highest BCUT2D eigenvalue weighted by molar-refractivity contribution is 7.19. The second kappa shape index (κ2) is 17.2. The molecule has 0 amide bonds. The fourth-order valence-electron chi connectivity index (χ4n) is 8.11. The molecule has 292 valence electrons. The molecule has 4 heterocycles.